The van der Waals surface area contributed by atoms with Gasteiger partial charge in [-0.1, -0.05) is 44.2 Å². The Labute approximate surface area is 135 Å². The van der Waals surface area contributed by atoms with Gasteiger partial charge in [0.25, 0.3) is 0 Å². The van der Waals surface area contributed by atoms with Crippen LogP contribution in [0.25, 0.3) is 0 Å². The molecular formula is C20H30O2. The highest BCUT2D eigenvalue weighted by Crippen LogP contribution is 2.40. The summed E-state index contributed by atoms with van der Waals surface area (Å²) in [6, 6.07) is 0. The summed E-state index contributed by atoms with van der Waals surface area (Å²) >= 11 is 0. The van der Waals surface area contributed by atoms with Gasteiger partial charge in [-0.15, -0.1) is 13.2 Å². The van der Waals surface area contributed by atoms with Crippen molar-refractivity contribution in [3.05, 3.63) is 49.6 Å². The van der Waals surface area contributed by atoms with Crippen LogP contribution in [0, 0.1) is 10.8 Å². The number of hydrogen-bond acceptors (Lipinski definition) is 2. The van der Waals surface area contributed by atoms with E-state index < -0.39 is 0 Å². The van der Waals surface area contributed by atoms with Gasteiger partial charge in [0.15, 0.2) is 5.78 Å². The van der Waals surface area contributed by atoms with E-state index in [2.05, 4.69) is 33.1 Å². The Kier molecular flexibility index (Phi) is 7.02. The average molecular weight is 302 g/mol. The number of carbonyl (C=O) groups excluding carboxylic acids is 1. The second-order valence-corrected chi connectivity index (χ2v) is 6.38. The number of allylic oxidation sites excluding steroid dienone is 5. The van der Waals surface area contributed by atoms with Crippen LogP contribution < -0.4 is 0 Å². The molecule has 0 aromatic rings. The zero-order valence-corrected chi connectivity index (χ0v) is 14.1. The second-order valence-electron chi connectivity index (χ2n) is 6.38. The molecule has 0 aromatic carbocycles. The Bertz CT molecular complexity index is 460. The van der Waals surface area contributed by atoms with Gasteiger partial charge in [0.05, 0.1) is 6.10 Å². The van der Waals surface area contributed by atoms with E-state index in [0.717, 1.165) is 38.5 Å². The number of hydrogen-bond donors (Lipinski definition) is 1. The van der Waals surface area contributed by atoms with Gasteiger partial charge < -0.3 is 5.11 Å². The molecule has 122 valence electrons. The Hall–Kier alpha value is -1.41. The summed E-state index contributed by atoms with van der Waals surface area (Å²) < 4.78 is 0. The molecule has 2 rings (SSSR count). The van der Waals surface area contributed by atoms with Gasteiger partial charge in [-0.05, 0) is 44.6 Å². The predicted octanol–water partition coefficient (Wildman–Crippen LogP) is 4.77. The van der Waals surface area contributed by atoms with Crippen molar-refractivity contribution in [2.24, 2.45) is 10.8 Å². The van der Waals surface area contributed by atoms with Crippen LogP contribution in [0.2, 0.25) is 0 Å². The minimum Gasteiger partial charge on any atom is -0.388 e. The van der Waals surface area contributed by atoms with Crippen molar-refractivity contribution in [3.63, 3.8) is 0 Å². The third kappa shape index (κ3) is 3.86. The molecule has 1 N–H and O–H groups in total. The first-order valence-corrected chi connectivity index (χ1v) is 8.27. The van der Waals surface area contributed by atoms with Crippen molar-refractivity contribution in [2.75, 3.05) is 0 Å². The topological polar surface area (TPSA) is 37.3 Å². The van der Waals surface area contributed by atoms with Gasteiger partial charge in [-0.3, -0.25) is 4.79 Å². The summed E-state index contributed by atoms with van der Waals surface area (Å²) in [5, 5.41) is 9.64. The molecular weight excluding hydrogens is 272 g/mol. The normalized spacial score (nSPS) is 32.7. The number of aliphatic hydroxyl groups is 1. The minimum atomic E-state index is -0.259. The van der Waals surface area contributed by atoms with Gasteiger partial charge in [0, 0.05) is 10.8 Å². The molecule has 0 fully saturated rings. The van der Waals surface area contributed by atoms with Crippen LogP contribution in [0.3, 0.4) is 0 Å². The largest absolute Gasteiger partial charge is 0.388 e. The quantitative estimate of drug-likeness (QED) is 0.718. The van der Waals surface area contributed by atoms with Crippen LogP contribution in [-0.2, 0) is 4.79 Å². The first-order valence-electron chi connectivity index (χ1n) is 8.27. The molecule has 0 saturated heterocycles. The Balaban J connectivity index is 0.000000220. The molecule has 2 aliphatic rings. The first kappa shape index (κ1) is 18.6. The molecule has 2 nitrogen and oxygen atoms in total. The maximum Gasteiger partial charge on any atom is 0.162 e. The maximum atomic E-state index is 11.4. The van der Waals surface area contributed by atoms with Crippen LogP contribution >= 0.6 is 0 Å². The number of carbonyl (C=O) groups is 1. The molecule has 0 amide bonds. The molecule has 0 aliphatic heterocycles. The second kappa shape index (κ2) is 8.28. The van der Waals surface area contributed by atoms with Crippen LogP contribution in [0.1, 0.15) is 52.4 Å². The van der Waals surface area contributed by atoms with E-state index >= 15 is 0 Å². The molecule has 22 heavy (non-hydrogen) atoms. The molecule has 0 saturated carbocycles. The van der Waals surface area contributed by atoms with E-state index in [0.29, 0.717) is 0 Å². The number of aliphatic hydroxyl groups excluding tert-OH is 1. The summed E-state index contributed by atoms with van der Waals surface area (Å²) in [7, 11) is 0. The number of ketones is 1. The van der Waals surface area contributed by atoms with Crippen molar-refractivity contribution >= 4 is 5.78 Å². The molecule has 0 unspecified atom stereocenters. The van der Waals surface area contributed by atoms with E-state index in [4.69, 9.17) is 0 Å². The maximum absolute atomic E-state index is 11.4. The Morgan fingerprint density at radius 2 is 1.86 bits per heavy atom. The third-order valence-corrected chi connectivity index (χ3v) is 5.24. The lowest BCUT2D eigenvalue weighted by Gasteiger charge is -2.30. The zero-order chi connectivity index (χ0) is 16.6. The van der Waals surface area contributed by atoms with E-state index in [-0.39, 0.29) is 22.7 Å². The standard InChI is InChI=1S/C10H16O.C10H14O/c2*1-3-7-10(4-2)8-5-6-9(10)11/h3,5-6,9,11H,1,4,7-8H2,2H3;3,5-6H,1,4,7-8H2,2H3/t9-,10-;10-/m00/s1. The fourth-order valence-corrected chi connectivity index (χ4v) is 3.34. The molecule has 0 aromatic heterocycles. The van der Waals surface area contributed by atoms with E-state index in [1.807, 2.05) is 24.3 Å². The minimum absolute atomic E-state index is 0.0712. The fourth-order valence-electron chi connectivity index (χ4n) is 3.34. The van der Waals surface area contributed by atoms with Crippen molar-refractivity contribution in [1.82, 2.24) is 0 Å². The summed E-state index contributed by atoms with van der Waals surface area (Å²) in [5.74, 6) is 0.278. The van der Waals surface area contributed by atoms with Gasteiger partial charge in [-0.25, -0.2) is 0 Å². The van der Waals surface area contributed by atoms with Crippen LogP contribution in [-0.4, -0.2) is 17.0 Å². The Morgan fingerprint density at radius 3 is 2.23 bits per heavy atom. The highest BCUT2D eigenvalue weighted by molar-refractivity contribution is 5.97. The zero-order valence-electron chi connectivity index (χ0n) is 14.1. The SMILES string of the molecule is C=CC[C@@]1(CC)CC=CC1=O.C=CC[C@@]1(CC)CC=C[C@@H]1O. The summed E-state index contributed by atoms with van der Waals surface area (Å²) in [6.07, 6.45) is 16.7. The fraction of sp³-hybridized carbons (Fsp3) is 0.550. The summed E-state index contributed by atoms with van der Waals surface area (Å²) in [6.45, 7) is 11.6. The molecule has 3 atom stereocenters. The van der Waals surface area contributed by atoms with Crippen molar-refractivity contribution in [3.8, 4) is 0 Å². The smallest absolute Gasteiger partial charge is 0.162 e. The lowest BCUT2D eigenvalue weighted by Crippen LogP contribution is -2.28. The summed E-state index contributed by atoms with van der Waals surface area (Å²) in [5.41, 5.74) is -0.0521. The van der Waals surface area contributed by atoms with Gasteiger partial charge in [0.2, 0.25) is 0 Å². The first-order chi connectivity index (χ1) is 10.5. The average Bonchev–Trinajstić information content (AvgIpc) is 3.06. The van der Waals surface area contributed by atoms with Crippen molar-refractivity contribution in [2.45, 2.75) is 58.5 Å². The molecule has 0 radical (unpaired) electrons. The van der Waals surface area contributed by atoms with Gasteiger partial charge in [-0.2, -0.15) is 0 Å². The van der Waals surface area contributed by atoms with E-state index in [1.54, 1.807) is 6.08 Å². The Morgan fingerprint density at radius 1 is 1.18 bits per heavy atom. The molecule has 2 heteroatoms. The molecule has 0 heterocycles. The molecule has 0 spiro atoms. The lowest BCUT2D eigenvalue weighted by molar-refractivity contribution is -0.122. The highest BCUT2D eigenvalue weighted by Gasteiger charge is 2.36. The molecule has 0 bridgehead atoms. The van der Waals surface area contributed by atoms with Crippen molar-refractivity contribution in [1.29, 1.82) is 0 Å². The molecule has 2 aliphatic carbocycles. The van der Waals surface area contributed by atoms with Gasteiger partial charge in [0.1, 0.15) is 0 Å². The summed E-state index contributed by atoms with van der Waals surface area (Å²) in [4.78, 5) is 11.4. The third-order valence-electron chi connectivity index (χ3n) is 5.24. The van der Waals surface area contributed by atoms with Gasteiger partial charge >= 0.3 is 0 Å². The van der Waals surface area contributed by atoms with Crippen molar-refractivity contribution < 1.29 is 9.90 Å². The predicted molar refractivity (Wildman–Crippen MR) is 93.6 cm³/mol. The van der Waals surface area contributed by atoms with E-state index in [9.17, 15) is 9.90 Å². The monoisotopic (exact) mass is 302 g/mol. The van der Waals surface area contributed by atoms with Crippen LogP contribution in [0.4, 0.5) is 0 Å². The van der Waals surface area contributed by atoms with Crippen LogP contribution in [0.5, 0.6) is 0 Å². The van der Waals surface area contributed by atoms with Crippen LogP contribution in [0.15, 0.2) is 49.6 Å². The lowest BCUT2D eigenvalue weighted by atomic mass is 9.78. The van der Waals surface area contributed by atoms with E-state index in [1.165, 1.54) is 0 Å². The highest BCUT2D eigenvalue weighted by atomic mass is 16.3. The number of rotatable bonds is 6.